The van der Waals surface area contributed by atoms with E-state index in [-0.39, 0.29) is 5.92 Å². The van der Waals surface area contributed by atoms with Crippen LogP contribution in [0.15, 0.2) is 35.5 Å². The number of fused-ring (bicyclic) bond motifs is 1. The number of aromatic nitrogens is 1. The number of thioether (sulfide) groups is 1. The summed E-state index contributed by atoms with van der Waals surface area (Å²) in [6.07, 6.45) is 8.26. The molecule has 1 amide bonds. The Bertz CT molecular complexity index is 881. The molecule has 1 saturated carbocycles. The second kappa shape index (κ2) is 10.9. The molecule has 4 rings (SSSR count). The van der Waals surface area contributed by atoms with E-state index in [0.717, 1.165) is 75.6 Å². The van der Waals surface area contributed by atoms with Gasteiger partial charge < -0.3 is 20.5 Å². The molecule has 1 aliphatic heterocycles. The zero-order valence-corrected chi connectivity index (χ0v) is 19.3. The van der Waals surface area contributed by atoms with Crippen LogP contribution in [0.1, 0.15) is 37.7 Å². The minimum absolute atomic E-state index is 0.215. The fraction of sp³-hybridized carbons (Fsp3) is 0.583. The molecule has 6 nitrogen and oxygen atoms in total. The molecule has 1 aromatic heterocycles. The van der Waals surface area contributed by atoms with Gasteiger partial charge in [0.25, 0.3) is 0 Å². The number of nitrogens with zero attached hydrogens (tertiary/aromatic N) is 2. The highest BCUT2D eigenvalue weighted by atomic mass is 32.2. The van der Waals surface area contributed by atoms with Crippen LogP contribution in [0.3, 0.4) is 0 Å². The van der Waals surface area contributed by atoms with E-state index >= 15 is 0 Å². The SMILES string of the molecule is CN=C(NCCCc1c[nH]c2ccccc12)NC1CCC(C(=O)N2CCSCC2)CC1. The molecule has 0 atom stereocenters. The molecule has 2 aliphatic rings. The number of guanidine groups is 1. The van der Waals surface area contributed by atoms with E-state index in [1.54, 1.807) is 0 Å². The van der Waals surface area contributed by atoms with Crippen molar-refractivity contribution in [2.45, 2.75) is 44.6 Å². The summed E-state index contributed by atoms with van der Waals surface area (Å²) < 4.78 is 0. The van der Waals surface area contributed by atoms with E-state index in [0.29, 0.717) is 11.9 Å². The Balaban J connectivity index is 1.16. The third-order valence-corrected chi connectivity index (χ3v) is 7.50. The predicted molar refractivity (Wildman–Crippen MR) is 131 cm³/mol. The fourth-order valence-corrected chi connectivity index (χ4v) is 5.64. The second-order valence-corrected chi connectivity index (χ2v) is 9.82. The first-order chi connectivity index (χ1) is 15.2. The van der Waals surface area contributed by atoms with Crippen molar-refractivity contribution in [2.75, 3.05) is 38.2 Å². The standard InChI is InChI=1S/C24H35N5OS/c1-25-24(26-12-4-5-19-17-27-22-7-3-2-6-21(19)22)28-20-10-8-18(9-11-20)23(30)29-13-15-31-16-14-29/h2-3,6-7,17-18,20,27H,4-5,8-16H2,1H3,(H2,25,26,28). The Hall–Kier alpha value is -2.15. The highest BCUT2D eigenvalue weighted by molar-refractivity contribution is 7.99. The number of aliphatic imine (C=N–C) groups is 1. The van der Waals surface area contributed by atoms with Gasteiger partial charge in [0.05, 0.1) is 0 Å². The van der Waals surface area contributed by atoms with Crippen molar-refractivity contribution in [1.29, 1.82) is 0 Å². The Kier molecular flexibility index (Phi) is 7.78. The van der Waals surface area contributed by atoms with Crippen molar-refractivity contribution >= 4 is 34.5 Å². The molecule has 2 fully saturated rings. The monoisotopic (exact) mass is 441 g/mol. The number of rotatable bonds is 6. The fourth-order valence-electron chi connectivity index (χ4n) is 4.74. The molecule has 2 aromatic rings. The topological polar surface area (TPSA) is 72.5 Å². The molecule has 2 heterocycles. The van der Waals surface area contributed by atoms with Crippen LogP contribution in [0, 0.1) is 5.92 Å². The number of para-hydroxylation sites is 1. The molecular weight excluding hydrogens is 406 g/mol. The highest BCUT2D eigenvalue weighted by Crippen LogP contribution is 2.27. The van der Waals surface area contributed by atoms with Gasteiger partial charge in [0.2, 0.25) is 5.91 Å². The number of nitrogens with one attached hydrogen (secondary N) is 3. The van der Waals surface area contributed by atoms with Crippen LogP contribution >= 0.6 is 11.8 Å². The van der Waals surface area contributed by atoms with Crippen molar-refractivity contribution in [2.24, 2.45) is 10.9 Å². The molecule has 31 heavy (non-hydrogen) atoms. The van der Waals surface area contributed by atoms with Gasteiger partial charge in [0, 0.05) is 67.2 Å². The van der Waals surface area contributed by atoms with E-state index in [2.05, 4.69) is 56.0 Å². The number of aryl methyl sites for hydroxylation is 1. The lowest BCUT2D eigenvalue weighted by Crippen LogP contribution is -2.47. The van der Waals surface area contributed by atoms with Crippen molar-refractivity contribution in [3.05, 3.63) is 36.0 Å². The van der Waals surface area contributed by atoms with Crippen molar-refractivity contribution in [1.82, 2.24) is 20.5 Å². The molecule has 0 radical (unpaired) electrons. The molecule has 1 aliphatic carbocycles. The highest BCUT2D eigenvalue weighted by Gasteiger charge is 2.30. The van der Waals surface area contributed by atoms with Gasteiger partial charge in [0.1, 0.15) is 0 Å². The quantitative estimate of drug-likeness (QED) is 0.365. The summed E-state index contributed by atoms with van der Waals surface area (Å²) in [7, 11) is 1.83. The van der Waals surface area contributed by atoms with Crippen LogP contribution in [-0.4, -0.2) is 66.0 Å². The second-order valence-electron chi connectivity index (χ2n) is 8.59. The Morgan fingerprint density at radius 3 is 2.74 bits per heavy atom. The number of aromatic amines is 1. The summed E-state index contributed by atoms with van der Waals surface area (Å²) >= 11 is 1.95. The smallest absolute Gasteiger partial charge is 0.225 e. The van der Waals surface area contributed by atoms with E-state index in [1.165, 1.54) is 16.5 Å². The number of amides is 1. The van der Waals surface area contributed by atoms with Crippen LogP contribution in [0.4, 0.5) is 0 Å². The lowest BCUT2D eigenvalue weighted by molar-refractivity contribution is -0.136. The average molecular weight is 442 g/mol. The molecule has 1 saturated heterocycles. The molecule has 0 bridgehead atoms. The maximum atomic E-state index is 12.7. The van der Waals surface area contributed by atoms with Gasteiger partial charge in [-0.2, -0.15) is 11.8 Å². The van der Waals surface area contributed by atoms with Crippen LogP contribution in [0.5, 0.6) is 0 Å². The minimum Gasteiger partial charge on any atom is -0.361 e. The summed E-state index contributed by atoms with van der Waals surface area (Å²) in [5.41, 5.74) is 2.58. The van der Waals surface area contributed by atoms with Crippen molar-refractivity contribution in [3.8, 4) is 0 Å². The molecule has 7 heteroatoms. The lowest BCUT2D eigenvalue weighted by atomic mass is 9.85. The van der Waals surface area contributed by atoms with E-state index < -0.39 is 0 Å². The molecular formula is C24H35N5OS. The van der Waals surface area contributed by atoms with Gasteiger partial charge in [-0.05, 0) is 50.2 Å². The zero-order chi connectivity index (χ0) is 21.5. The van der Waals surface area contributed by atoms with Crippen LogP contribution < -0.4 is 10.6 Å². The maximum Gasteiger partial charge on any atom is 0.225 e. The minimum atomic E-state index is 0.215. The van der Waals surface area contributed by atoms with Gasteiger partial charge >= 0.3 is 0 Å². The Morgan fingerprint density at radius 1 is 1.19 bits per heavy atom. The zero-order valence-electron chi connectivity index (χ0n) is 18.5. The van der Waals surface area contributed by atoms with Gasteiger partial charge in [0.15, 0.2) is 5.96 Å². The van der Waals surface area contributed by atoms with E-state index in [9.17, 15) is 4.79 Å². The number of carbonyl (C=O) groups excluding carboxylic acids is 1. The van der Waals surface area contributed by atoms with E-state index in [4.69, 9.17) is 0 Å². The maximum absolute atomic E-state index is 12.7. The average Bonchev–Trinajstić information content (AvgIpc) is 3.24. The molecule has 1 aromatic carbocycles. The first kappa shape index (κ1) is 22.1. The number of hydrogen-bond acceptors (Lipinski definition) is 3. The molecule has 3 N–H and O–H groups in total. The number of carbonyl (C=O) groups is 1. The summed E-state index contributed by atoms with van der Waals surface area (Å²) in [5.74, 6) is 3.66. The summed E-state index contributed by atoms with van der Waals surface area (Å²) in [6, 6.07) is 8.87. The summed E-state index contributed by atoms with van der Waals surface area (Å²) in [6.45, 7) is 2.74. The first-order valence-electron chi connectivity index (χ1n) is 11.6. The van der Waals surface area contributed by atoms with Gasteiger partial charge in [-0.1, -0.05) is 18.2 Å². The van der Waals surface area contributed by atoms with Gasteiger partial charge in [-0.25, -0.2) is 0 Å². The van der Waals surface area contributed by atoms with Crippen LogP contribution in [-0.2, 0) is 11.2 Å². The number of H-pyrrole nitrogens is 1. The largest absolute Gasteiger partial charge is 0.361 e. The number of benzene rings is 1. The summed E-state index contributed by atoms with van der Waals surface area (Å²) in [5, 5.41) is 8.36. The third kappa shape index (κ3) is 5.76. The molecule has 0 spiro atoms. The van der Waals surface area contributed by atoms with Crippen molar-refractivity contribution < 1.29 is 4.79 Å². The normalized spacial score (nSPS) is 22.5. The predicted octanol–water partition coefficient (Wildman–Crippen LogP) is 3.40. The Morgan fingerprint density at radius 2 is 1.97 bits per heavy atom. The number of hydrogen-bond donors (Lipinski definition) is 3. The summed E-state index contributed by atoms with van der Waals surface area (Å²) in [4.78, 5) is 22.6. The third-order valence-electron chi connectivity index (χ3n) is 6.55. The molecule has 0 unspecified atom stereocenters. The van der Waals surface area contributed by atoms with Gasteiger partial charge in [-0.15, -0.1) is 0 Å². The van der Waals surface area contributed by atoms with Crippen LogP contribution in [0.2, 0.25) is 0 Å². The van der Waals surface area contributed by atoms with Crippen LogP contribution in [0.25, 0.3) is 10.9 Å². The van der Waals surface area contributed by atoms with Gasteiger partial charge in [-0.3, -0.25) is 9.79 Å². The van der Waals surface area contributed by atoms with Crippen molar-refractivity contribution in [3.63, 3.8) is 0 Å². The Labute approximate surface area is 189 Å². The van der Waals surface area contributed by atoms with E-state index in [1.807, 2.05) is 18.8 Å². The first-order valence-corrected chi connectivity index (χ1v) is 12.8. The lowest BCUT2D eigenvalue weighted by Gasteiger charge is -2.34. The molecule has 168 valence electrons.